The molecule has 0 radical (unpaired) electrons. The molecule has 636 valence electrons. The van der Waals surface area contributed by atoms with Crippen molar-refractivity contribution < 1.29 is 72.7 Å². The van der Waals surface area contributed by atoms with Gasteiger partial charge in [0, 0.05) is 153 Å². The summed E-state index contributed by atoms with van der Waals surface area (Å²) in [4.78, 5) is 94.5. The van der Waals surface area contributed by atoms with Gasteiger partial charge in [-0.05, 0) is 191 Å². The third-order valence-electron chi connectivity index (χ3n) is 20.0. The Morgan fingerprint density at radius 1 is 0.435 bits per heavy atom. The van der Waals surface area contributed by atoms with Crippen LogP contribution in [0.25, 0.3) is 55.4 Å². The number of halogens is 10. The third-order valence-corrected chi connectivity index (χ3v) is 20.4. The maximum atomic E-state index is 13.1. The number of anilines is 5. The summed E-state index contributed by atoms with van der Waals surface area (Å²) in [5, 5.41) is 10.2. The molecule has 1 aliphatic rings. The van der Waals surface area contributed by atoms with Crippen molar-refractivity contribution in [3.05, 3.63) is 285 Å². The number of aromatic nitrogens is 12. The molecule has 14 aromatic rings. The van der Waals surface area contributed by atoms with Crippen LogP contribution in [0.1, 0.15) is 116 Å². The van der Waals surface area contributed by atoms with E-state index in [1.165, 1.54) is 55.0 Å². The first-order valence-electron chi connectivity index (χ1n) is 38.2. The van der Waals surface area contributed by atoms with E-state index in [0.717, 1.165) is 91.0 Å². The molecule has 1 aliphatic heterocycles. The van der Waals surface area contributed by atoms with Gasteiger partial charge in [0.1, 0.15) is 17.3 Å². The lowest BCUT2D eigenvalue weighted by molar-refractivity contribution is -0.138. The van der Waals surface area contributed by atoms with Crippen LogP contribution in [0.5, 0.6) is 11.5 Å². The average molecular weight is 1760 g/mol. The van der Waals surface area contributed by atoms with Gasteiger partial charge in [-0.3, -0.25) is 29.3 Å². The van der Waals surface area contributed by atoms with Crippen molar-refractivity contribution in [3.8, 4) is 33.8 Å². The Balaban J connectivity index is 0.000000154. The minimum atomic E-state index is -4.55. The van der Waals surface area contributed by atoms with Gasteiger partial charge in [0.15, 0.2) is 16.9 Å². The number of hydrogen-bond acceptors (Lipinski definition) is 21. The maximum Gasteiger partial charge on any atom is 0.496 e. The van der Waals surface area contributed by atoms with Crippen molar-refractivity contribution in [2.75, 3.05) is 54.1 Å². The third kappa shape index (κ3) is 22.4. The average Bonchev–Trinajstić information content (AvgIpc) is 1.61. The van der Waals surface area contributed by atoms with Gasteiger partial charge < -0.3 is 44.5 Å². The number of benzene rings is 5. The summed E-state index contributed by atoms with van der Waals surface area (Å²) >= 11 is 3.40. The molecule has 1 fully saturated rings. The molecule has 3 N–H and O–H groups in total. The number of carbonyl (C=O) groups is 3. The van der Waals surface area contributed by atoms with Gasteiger partial charge in [0.05, 0.1) is 77.8 Å². The van der Waals surface area contributed by atoms with E-state index in [1.54, 1.807) is 76.5 Å². The van der Waals surface area contributed by atoms with E-state index in [9.17, 15) is 53.9 Å². The second-order valence-electron chi connectivity index (χ2n) is 29.5. The van der Waals surface area contributed by atoms with Crippen molar-refractivity contribution in [1.82, 2.24) is 59.8 Å². The second-order valence-corrected chi connectivity index (χ2v) is 30.4. The van der Waals surface area contributed by atoms with Gasteiger partial charge in [0.2, 0.25) is 11.9 Å². The lowest BCUT2D eigenvalue weighted by Gasteiger charge is -2.32. The van der Waals surface area contributed by atoms with E-state index in [0.29, 0.717) is 105 Å². The maximum absolute atomic E-state index is 13.1. The first-order chi connectivity index (χ1) is 58.8. The Morgan fingerprint density at radius 2 is 0.798 bits per heavy atom. The van der Waals surface area contributed by atoms with Crippen molar-refractivity contribution in [2.24, 2.45) is 0 Å². The van der Waals surface area contributed by atoms with Crippen LogP contribution in [-0.4, -0.2) is 124 Å². The number of carbonyl (C=O) groups excluding carboxylic acids is 3. The fraction of sp³-hybridized carbons (Fsp3) is 0.225. The molecule has 0 atom stereocenters. The van der Waals surface area contributed by atoms with Gasteiger partial charge in [-0.1, -0.05) is 49.4 Å². The Labute approximate surface area is 714 Å². The van der Waals surface area contributed by atoms with E-state index in [4.69, 9.17) is 18.8 Å². The molecular formula is C89H80BBrF9N17O7. The first kappa shape index (κ1) is 89.7. The molecule has 124 heavy (non-hydrogen) atoms. The number of amides is 3. The first-order valence-corrected chi connectivity index (χ1v) is 39.0. The van der Waals surface area contributed by atoms with E-state index in [1.807, 2.05) is 139 Å². The smallest absolute Gasteiger partial charge is 0.496 e. The van der Waals surface area contributed by atoms with Crippen molar-refractivity contribution in [2.45, 2.75) is 105 Å². The number of hydrogen-bond donors (Lipinski definition) is 3. The second kappa shape index (κ2) is 37.8. The molecule has 0 spiro atoms. The highest BCUT2D eigenvalue weighted by molar-refractivity contribution is 9.10. The molecule has 9 aromatic heterocycles. The number of ether oxygens (including phenoxy) is 2. The van der Waals surface area contributed by atoms with E-state index >= 15 is 0 Å². The van der Waals surface area contributed by atoms with Crippen LogP contribution >= 0.6 is 15.9 Å². The van der Waals surface area contributed by atoms with Gasteiger partial charge in [0.25, 0.3) is 17.7 Å². The van der Waals surface area contributed by atoms with E-state index < -0.39 is 71.3 Å². The topological polar surface area (TPSA) is 285 Å². The molecule has 0 aliphatic carbocycles. The van der Waals surface area contributed by atoms with Crippen molar-refractivity contribution in [1.29, 1.82) is 0 Å². The molecular weight excluding hydrogens is 1680 g/mol. The molecule has 24 nitrogen and oxygen atoms in total. The van der Waals surface area contributed by atoms with Crippen molar-refractivity contribution in [3.63, 3.8) is 0 Å². The quantitative estimate of drug-likeness (QED) is 0.0531. The Morgan fingerprint density at radius 3 is 1.19 bits per heavy atom. The highest BCUT2D eigenvalue weighted by Gasteiger charge is 2.52. The van der Waals surface area contributed by atoms with Gasteiger partial charge in [-0.2, -0.15) is 49.5 Å². The number of nitrogens with zero attached hydrogens (tertiary/aromatic N) is 14. The Hall–Kier alpha value is -13.5. The number of rotatable bonds is 18. The van der Waals surface area contributed by atoms with Crippen LogP contribution in [-0.2, 0) is 47.3 Å². The standard InChI is InChI=1S/C30H25F3N6O2.C23H18F3N5O.C20H22BF3N2O3.C16H15BrN4O/c1-18-26(13-24(16-34-18)37-28(40)20-5-4-6-23(12-20)30(31,32)33)21-11-22-15-36-29(38-27(22)35-14-21)39(2)17-19-7-9-25(41-3)10-8-19;1-3-20-28-11-16-7-15(10-29-21(16)31-20)19-9-18(12-27-13(19)2)30-22(32)14-5-4-6-17(8-14)23(24,25)26;1-12-16(21-28-18(2,3)19(4,5)29-21)10-15(11-25-12)26-17(27)13-7-6-8-14(9-13)20(22,23)24;1-21(10-11-3-5-14(22-2)6-4-11)16-19-8-12-7-13(17)9-18-15(12)20-16/h4-16H,17H2,1-3H3,(H,37,40);4-12H,3H2,1-2H3,(H,30,32);6-11H,1-5H3,(H,26,27);3-9H,10H2,1-2H3. The van der Waals surface area contributed by atoms with Crippen LogP contribution in [0.4, 0.5) is 68.5 Å². The van der Waals surface area contributed by atoms with Crippen molar-refractivity contribution >= 4 is 108 Å². The molecule has 1 saturated heterocycles. The fourth-order valence-corrected chi connectivity index (χ4v) is 12.8. The lowest BCUT2D eigenvalue weighted by atomic mass is 9.78. The predicted molar refractivity (Wildman–Crippen MR) is 458 cm³/mol. The van der Waals surface area contributed by atoms with Crippen LogP contribution < -0.4 is 40.7 Å². The minimum Gasteiger partial charge on any atom is -0.497 e. The summed E-state index contributed by atoms with van der Waals surface area (Å²) in [5.41, 5.74) is 6.58. The van der Waals surface area contributed by atoms with E-state index in [2.05, 4.69) is 91.7 Å². The van der Waals surface area contributed by atoms with Crippen LogP contribution in [0.15, 0.2) is 218 Å². The molecule has 0 unspecified atom stereocenters. The molecule has 10 heterocycles. The van der Waals surface area contributed by atoms with Crippen LogP contribution in [0.3, 0.4) is 0 Å². The number of methoxy groups -OCH3 is 2. The number of nitrogens with one attached hydrogen (secondary N) is 3. The summed E-state index contributed by atoms with van der Waals surface area (Å²) < 4.78 is 140. The number of alkyl halides is 9. The zero-order chi connectivity index (χ0) is 89.2. The Bertz CT molecular complexity index is 6240. The normalized spacial score (nSPS) is 12.8. The SMILES string of the molecule is CCc1ncc2cc(-c3cc(NC(=O)c4cccc(C(F)(F)F)c4)cnc3C)cnc2n1.COc1ccc(CN(C)c2ncc3cc(-c4cc(NC(=O)c5cccc(C(F)(F)F)c5)cnc4C)cnc3n2)cc1.COc1ccc(CN(C)c2ncc3cc(Br)cnc3n2)cc1.Cc1ncc(NC(=O)c2cccc(C(F)(F)F)c2)cc1B1OC(C)(C)C(C)(C)O1. The highest BCUT2D eigenvalue weighted by atomic mass is 79.9. The number of pyridine rings is 6. The molecule has 15 rings (SSSR count). The molecule has 5 aromatic carbocycles. The van der Waals surface area contributed by atoms with Gasteiger partial charge >= 0.3 is 25.6 Å². The van der Waals surface area contributed by atoms with Gasteiger partial charge in [-0.25, -0.2) is 34.9 Å². The lowest BCUT2D eigenvalue weighted by Crippen LogP contribution is -2.41. The summed E-state index contributed by atoms with van der Waals surface area (Å²) in [6.07, 6.45) is 1.71. The van der Waals surface area contributed by atoms with E-state index in [-0.39, 0.29) is 16.7 Å². The fourth-order valence-electron chi connectivity index (χ4n) is 12.5. The predicted octanol–water partition coefficient (Wildman–Crippen LogP) is 18.9. The molecule has 3 amide bonds. The number of aryl methyl sites for hydroxylation is 4. The molecule has 0 saturated carbocycles. The summed E-state index contributed by atoms with van der Waals surface area (Å²) in [7, 11) is 6.48. The zero-order valence-corrected chi connectivity index (χ0v) is 70.4. The largest absolute Gasteiger partial charge is 0.497 e. The molecule has 35 heteroatoms. The summed E-state index contributed by atoms with van der Waals surface area (Å²) in [5.74, 6) is 1.50. The highest BCUT2D eigenvalue weighted by Crippen LogP contribution is 2.39. The summed E-state index contributed by atoms with van der Waals surface area (Å²) in [6.45, 7) is 16.4. The Kier molecular flexibility index (Phi) is 27.4. The van der Waals surface area contributed by atoms with Crippen LogP contribution in [0.2, 0.25) is 0 Å². The summed E-state index contributed by atoms with van der Waals surface area (Å²) in [6, 6.07) is 39.2. The zero-order valence-electron chi connectivity index (χ0n) is 68.8. The van der Waals surface area contributed by atoms with Gasteiger partial charge in [-0.15, -0.1) is 0 Å². The molecule has 0 bridgehead atoms. The number of fused-ring (bicyclic) bond motifs is 3. The minimum absolute atomic E-state index is 0.0989. The monoisotopic (exact) mass is 1760 g/mol. The van der Waals surface area contributed by atoms with Crippen LogP contribution in [0, 0.1) is 20.8 Å².